The summed E-state index contributed by atoms with van der Waals surface area (Å²) in [5, 5.41) is 8.28. The van der Waals surface area contributed by atoms with Gasteiger partial charge in [-0.2, -0.15) is 0 Å². The molecule has 1 rings (SSSR count). The van der Waals surface area contributed by atoms with Crippen LogP contribution in [0.15, 0.2) is 0 Å². The molecular weight excluding hydrogens is 216 g/mol. The zero-order valence-electron chi connectivity index (χ0n) is 8.93. The van der Waals surface area contributed by atoms with Crippen molar-refractivity contribution in [3.05, 3.63) is 0 Å². The van der Waals surface area contributed by atoms with Crippen LogP contribution in [0.3, 0.4) is 0 Å². The number of hydrogen-bond donors (Lipinski definition) is 1. The van der Waals surface area contributed by atoms with E-state index in [-0.39, 0.29) is 11.9 Å². The first-order valence-corrected chi connectivity index (χ1v) is 6.09. The number of esters is 1. The highest BCUT2D eigenvalue weighted by molar-refractivity contribution is 8.00. The molecule has 0 aromatic carbocycles. The molecule has 86 valence electrons. The van der Waals surface area contributed by atoms with Gasteiger partial charge in [0.2, 0.25) is 0 Å². The normalized spacial score (nSPS) is 25.5. The summed E-state index contributed by atoms with van der Waals surface area (Å²) in [6.45, 7) is 3.86. The summed E-state index contributed by atoms with van der Waals surface area (Å²) in [4.78, 5) is 22.2. The zero-order chi connectivity index (χ0) is 11.4. The molecule has 1 fully saturated rings. The molecule has 2 unspecified atom stereocenters. The van der Waals surface area contributed by atoms with Crippen molar-refractivity contribution < 1.29 is 19.4 Å². The van der Waals surface area contributed by atoms with Gasteiger partial charge in [-0.05, 0) is 18.1 Å². The molecule has 0 amide bonds. The van der Waals surface area contributed by atoms with Crippen LogP contribution in [0.2, 0.25) is 0 Å². The summed E-state index contributed by atoms with van der Waals surface area (Å²) < 4.78 is 5.16. The molecule has 1 aliphatic rings. The maximum atomic E-state index is 11.4. The Bertz CT molecular complexity index is 252. The smallest absolute Gasteiger partial charge is 0.320 e. The number of aliphatic carboxylic acids is 1. The van der Waals surface area contributed by atoms with E-state index in [9.17, 15) is 9.59 Å². The van der Waals surface area contributed by atoms with Crippen LogP contribution in [0, 0.1) is 5.92 Å². The van der Waals surface area contributed by atoms with Crippen LogP contribution in [-0.2, 0) is 14.3 Å². The van der Waals surface area contributed by atoms with Crippen LogP contribution in [0.4, 0.5) is 0 Å². The van der Waals surface area contributed by atoms with Crippen molar-refractivity contribution in [3.63, 3.8) is 0 Å². The molecule has 0 aliphatic carbocycles. The predicted molar refractivity (Wildman–Crippen MR) is 57.8 cm³/mol. The Hall–Kier alpha value is -0.710. The second-order valence-corrected chi connectivity index (χ2v) is 5.29. The van der Waals surface area contributed by atoms with E-state index >= 15 is 0 Å². The average Bonchev–Trinajstić information content (AvgIpc) is 2.50. The van der Waals surface area contributed by atoms with Crippen molar-refractivity contribution in [1.82, 2.24) is 0 Å². The second-order valence-electron chi connectivity index (χ2n) is 4.04. The highest BCUT2D eigenvalue weighted by Gasteiger charge is 2.36. The quantitative estimate of drug-likeness (QED) is 0.745. The highest BCUT2D eigenvalue weighted by atomic mass is 32.2. The van der Waals surface area contributed by atoms with Crippen molar-refractivity contribution in [2.24, 2.45) is 5.92 Å². The van der Waals surface area contributed by atoms with Crippen LogP contribution < -0.4 is 0 Å². The summed E-state index contributed by atoms with van der Waals surface area (Å²) >= 11 is 1.34. The molecule has 0 aromatic rings. The van der Waals surface area contributed by atoms with Crippen LogP contribution in [0.5, 0.6) is 0 Å². The third-order valence-electron chi connectivity index (χ3n) is 2.14. The van der Waals surface area contributed by atoms with Gasteiger partial charge in [-0.1, -0.05) is 13.8 Å². The van der Waals surface area contributed by atoms with E-state index in [0.29, 0.717) is 12.8 Å². The summed E-state index contributed by atoms with van der Waals surface area (Å²) in [5.74, 6) is -0.185. The van der Waals surface area contributed by atoms with E-state index in [1.54, 1.807) is 0 Å². The van der Waals surface area contributed by atoms with Gasteiger partial charge in [0.05, 0.1) is 0 Å². The third-order valence-corrected chi connectivity index (χ3v) is 3.47. The van der Waals surface area contributed by atoms with Crippen molar-refractivity contribution >= 4 is 23.7 Å². The molecule has 1 saturated heterocycles. The summed E-state index contributed by atoms with van der Waals surface area (Å²) in [5.41, 5.74) is 0. The van der Waals surface area contributed by atoms with E-state index in [1.807, 2.05) is 13.8 Å². The summed E-state index contributed by atoms with van der Waals surface area (Å²) in [7, 11) is 0. The first-order chi connectivity index (χ1) is 7.00. The number of rotatable bonds is 4. The van der Waals surface area contributed by atoms with Gasteiger partial charge in [-0.15, -0.1) is 11.8 Å². The molecule has 1 N–H and O–H groups in total. The molecule has 0 spiro atoms. The Kier molecular flexibility index (Phi) is 4.45. The number of carbonyl (C=O) groups is 2. The molecule has 0 saturated carbocycles. The SMILES string of the molecule is CC(C)CC(=O)OC1CCSC1C(=O)O. The lowest BCUT2D eigenvalue weighted by Crippen LogP contribution is -2.31. The fourth-order valence-corrected chi connectivity index (χ4v) is 2.64. The van der Waals surface area contributed by atoms with E-state index in [2.05, 4.69) is 0 Å². The number of ether oxygens (including phenoxy) is 1. The topological polar surface area (TPSA) is 63.6 Å². The van der Waals surface area contributed by atoms with Gasteiger partial charge in [0.25, 0.3) is 0 Å². The molecular formula is C10H16O4S. The number of thioether (sulfide) groups is 1. The Labute approximate surface area is 93.4 Å². The summed E-state index contributed by atoms with van der Waals surface area (Å²) in [6.07, 6.45) is 0.553. The minimum Gasteiger partial charge on any atom is -0.480 e. The van der Waals surface area contributed by atoms with Crippen molar-refractivity contribution in [1.29, 1.82) is 0 Å². The van der Waals surface area contributed by atoms with Crippen molar-refractivity contribution in [2.75, 3.05) is 5.75 Å². The fraction of sp³-hybridized carbons (Fsp3) is 0.800. The molecule has 15 heavy (non-hydrogen) atoms. The van der Waals surface area contributed by atoms with Gasteiger partial charge in [-0.25, -0.2) is 0 Å². The maximum absolute atomic E-state index is 11.4. The molecule has 2 atom stereocenters. The lowest BCUT2D eigenvalue weighted by Gasteiger charge is -2.16. The molecule has 4 nitrogen and oxygen atoms in total. The van der Waals surface area contributed by atoms with E-state index < -0.39 is 17.3 Å². The zero-order valence-corrected chi connectivity index (χ0v) is 9.75. The summed E-state index contributed by atoms with van der Waals surface area (Å²) in [6, 6.07) is 0. The van der Waals surface area contributed by atoms with E-state index in [4.69, 9.17) is 9.84 Å². The maximum Gasteiger partial charge on any atom is 0.320 e. The van der Waals surface area contributed by atoms with Gasteiger partial charge in [0.15, 0.2) is 0 Å². The molecule has 5 heteroatoms. The number of carboxylic acids is 1. The Morgan fingerprint density at radius 3 is 2.73 bits per heavy atom. The fourth-order valence-electron chi connectivity index (χ4n) is 1.47. The van der Waals surface area contributed by atoms with Gasteiger partial charge < -0.3 is 9.84 Å². The standard InChI is InChI=1S/C10H16O4S/c1-6(2)5-8(11)14-7-3-4-15-9(7)10(12)13/h6-7,9H,3-5H2,1-2H3,(H,12,13). The molecule has 0 bridgehead atoms. The number of hydrogen-bond acceptors (Lipinski definition) is 4. The first kappa shape index (κ1) is 12.4. The van der Waals surface area contributed by atoms with Crippen LogP contribution in [-0.4, -0.2) is 34.2 Å². The Balaban J connectivity index is 2.43. The molecule has 0 aromatic heterocycles. The predicted octanol–water partition coefficient (Wildman–Crippen LogP) is 1.53. The first-order valence-electron chi connectivity index (χ1n) is 5.04. The molecule has 0 radical (unpaired) electrons. The second kappa shape index (κ2) is 5.39. The molecule has 1 heterocycles. The van der Waals surface area contributed by atoms with Gasteiger partial charge in [-0.3, -0.25) is 9.59 Å². The lowest BCUT2D eigenvalue weighted by atomic mass is 10.1. The molecule has 1 aliphatic heterocycles. The Morgan fingerprint density at radius 1 is 1.53 bits per heavy atom. The lowest BCUT2D eigenvalue weighted by molar-refractivity contribution is -0.152. The van der Waals surface area contributed by atoms with E-state index in [1.165, 1.54) is 11.8 Å². The van der Waals surface area contributed by atoms with E-state index in [0.717, 1.165) is 5.75 Å². The Morgan fingerprint density at radius 2 is 2.20 bits per heavy atom. The van der Waals surface area contributed by atoms with Crippen LogP contribution in [0.1, 0.15) is 26.7 Å². The minimum atomic E-state index is -0.889. The number of carbonyl (C=O) groups excluding carboxylic acids is 1. The largest absolute Gasteiger partial charge is 0.480 e. The highest BCUT2D eigenvalue weighted by Crippen LogP contribution is 2.29. The van der Waals surface area contributed by atoms with Crippen molar-refractivity contribution in [3.8, 4) is 0 Å². The van der Waals surface area contributed by atoms with Crippen molar-refractivity contribution in [2.45, 2.75) is 38.0 Å². The number of carboxylic acid groups (broad SMARTS) is 1. The third kappa shape index (κ3) is 3.74. The monoisotopic (exact) mass is 232 g/mol. The minimum absolute atomic E-state index is 0.245. The van der Waals surface area contributed by atoms with Gasteiger partial charge in [0.1, 0.15) is 11.4 Å². The van der Waals surface area contributed by atoms with Crippen LogP contribution in [0.25, 0.3) is 0 Å². The van der Waals surface area contributed by atoms with Crippen LogP contribution >= 0.6 is 11.8 Å². The van der Waals surface area contributed by atoms with Gasteiger partial charge in [0, 0.05) is 6.42 Å². The average molecular weight is 232 g/mol. The van der Waals surface area contributed by atoms with Gasteiger partial charge >= 0.3 is 11.9 Å².